The molecule has 0 N–H and O–H groups in total. The topological polar surface area (TPSA) is 102 Å². The minimum absolute atomic E-state index is 0.0609. The molecule has 11 nitrogen and oxygen atoms in total. The lowest BCUT2D eigenvalue weighted by atomic mass is 10.2. The van der Waals surface area contributed by atoms with Crippen LogP contribution in [0.15, 0.2) is 0 Å². The van der Waals surface area contributed by atoms with Gasteiger partial charge in [-0.1, -0.05) is 20.8 Å². The zero-order valence-corrected chi connectivity index (χ0v) is 27.6. The first-order valence-electron chi connectivity index (χ1n) is 15.3. The first-order valence-corrected chi connectivity index (χ1v) is 18.2. The highest BCUT2D eigenvalue weighted by atomic mass is 28.4. The Bertz CT molecular complexity index is 557. The average Bonchev–Trinajstić information content (AvgIpc) is 2.94. The zero-order chi connectivity index (χ0) is 29.9. The van der Waals surface area contributed by atoms with E-state index in [1.165, 1.54) is 6.42 Å². The normalized spacial score (nSPS) is 16.5. The molecule has 0 aromatic carbocycles. The molecule has 0 saturated carbocycles. The standard InChI is InChI=1S/C29H60O11Si/c1-29(2,3)41(4,5)40-27-25-37-23-21-35-19-17-33-15-13-31-11-10-30-12-14-32-16-18-34-20-22-36-24-26-39-28-8-6-7-9-38-28/h28H,6-27H2,1-5H3. The minimum atomic E-state index is -1.69. The maximum Gasteiger partial charge on any atom is 0.192 e. The van der Waals surface area contributed by atoms with Gasteiger partial charge in [-0.2, -0.15) is 0 Å². The molecule has 1 aliphatic rings. The van der Waals surface area contributed by atoms with Crippen molar-refractivity contribution >= 4 is 8.32 Å². The summed E-state index contributed by atoms with van der Waals surface area (Å²) in [5.41, 5.74) is 0. The molecule has 1 aliphatic heterocycles. The molecule has 1 atom stereocenters. The van der Waals surface area contributed by atoms with Gasteiger partial charge in [-0.3, -0.25) is 0 Å². The maximum atomic E-state index is 6.08. The number of hydrogen-bond acceptors (Lipinski definition) is 11. The van der Waals surface area contributed by atoms with Gasteiger partial charge in [0.15, 0.2) is 14.6 Å². The van der Waals surface area contributed by atoms with Gasteiger partial charge in [0.05, 0.1) is 119 Å². The molecule has 1 rings (SSSR count). The third-order valence-corrected chi connectivity index (χ3v) is 11.3. The fraction of sp³-hybridized carbons (Fsp3) is 1.00. The van der Waals surface area contributed by atoms with E-state index in [9.17, 15) is 0 Å². The van der Waals surface area contributed by atoms with Gasteiger partial charge in [0.2, 0.25) is 0 Å². The summed E-state index contributed by atoms with van der Waals surface area (Å²) in [6.45, 7) is 21.8. The van der Waals surface area contributed by atoms with Crippen LogP contribution < -0.4 is 0 Å². The van der Waals surface area contributed by atoms with Gasteiger partial charge in [0.25, 0.3) is 0 Å². The third-order valence-electron chi connectivity index (χ3n) is 6.77. The van der Waals surface area contributed by atoms with Crippen molar-refractivity contribution < 1.29 is 51.8 Å². The second-order valence-corrected chi connectivity index (χ2v) is 16.0. The predicted molar refractivity (Wildman–Crippen MR) is 159 cm³/mol. The molecule has 1 heterocycles. The van der Waals surface area contributed by atoms with E-state index in [-0.39, 0.29) is 11.3 Å². The Kier molecular flexibility index (Phi) is 24.8. The Morgan fingerprint density at radius 1 is 0.512 bits per heavy atom. The summed E-state index contributed by atoms with van der Waals surface area (Å²) in [5.74, 6) is 0. The van der Waals surface area contributed by atoms with Gasteiger partial charge in [0.1, 0.15) is 0 Å². The molecule has 1 saturated heterocycles. The van der Waals surface area contributed by atoms with Crippen molar-refractivity contribution in [1.82, 2.24) is 0 Å². The first kappa shape index (κ1) is 38.8. The highest BCUT2D eigenvalue weighted by molar-refractivity contribution is 6.74. The lowest BCUT2D eigenvalue weighted by Crippen LogP contribution is -2.41. The molecule has 246 valence electrons. The predicted octanol–water partition coefficient (Wildman–Crippen LogP) is 3.68. The summed E-state index contributed by atoms with van der Waals surface area (Å²) in [6.07, 6.45) is 3.21. The molecule has 0 spiro atoms. The summed E-state index contributed by atoms with van der Waals surface area (Å²) in [5, 5.41) is 0.222. The highest BCUT2D eigenvalue weighted by Gasteiger charge is 2.36. The SMILES string of the molecule is CC(C)(C)[Si](C)(C)OCCOCCOCCOCCOCCOCCOCCOCCOCCOC1CCCCO1. The van der Waals surface area contributed by atoms with Crippen LogP contribution in [-0.4, -0.2) is 140 Å². The molecular weight excluding hydrogens is 552 g/mol. The maximum absolute atomic E-state index is 6.08. The number of ether oxygens (including phenoxy) is 10. The Balaban J connectivity index is 1.66. The van der Waals surface area contributed by atoms with Crippen molar-refractivity contribution in [2.45, 2.75) is 64.5 Å². The van der Waals surface area contributed by atoms with Crippen molar-refractivity contribution in [2.24, 2.45) is 0 Å². The molecule has 1 fully saturated rings. The minimum Gasteiger partial charge on any atom is -0.414 e. The van der Waals surface area contributed by atoms with E-state index in [0.29, 0.717) is 119 Å². The molecule has 0 radical (unpaired) electrons. The summed E-state index contributed by atoms with van der Waals surface area (Å²) in [7, 11) is -1.69. The summed E-state index contributed by atoms with van der Waals surface area (Å²) < 4.78 is 61.2. The van der Waals surface area contributed by atoms with E-state index in [1.54, 1.807) is 0 Å². The van der Waals surface area contributed by atoms with Crippen LogP contribution in [0.25, 0.3) is 0 Å². The van der Waals surface area contributed by atoms with Crippen LogP contribution in [0.1, 0.15) is 40.0 Å². The van der Waals surface area contributed by atoms with Crippen molar-refractivity contribution in [3.63, 3.8) is 0 Å². The van der Waals surface area contributed by atoms with Crippen LogP contribution in [-0.2, 0) is 51.8 Å². The second-order valence-electron chi connectivity index (χ2n) is 11.2. The van der Waals surface area contributed by atoms with E-state index < -0.39 is 8.32 Å². The van der Waals surface area contributed by atoms with Gasteiger partial charge in [-0.25, -0.2) is 0 Å². The van der Waals surface area contributed by atoms with Crippen LogP contribution >= 0.6 is 0 Å². The van der Waals surface area contributed by atoms with Gasteiger partial charge in [0, 0.05) is 6.61 Å². The zero-order valence-electron chi connectivity index (χ0n) is 26.6. The molecule has 0 aromatic rings. The lowest BCUT2D eigenvalue weighted by Gasteiger charge is -2.36. The molecule has 0 amide bonds. The Labute approximate surface area is 250 Å². The highest BCUT2D eigenvalue weighted by Crippen LogP contribution is 2.36. The van der Waals surface area contributed by atoms with E-state index in [4.69, 9.17) is 51.8 Å². The quantitative estimate of drug-likeness (QED) is 0.0913. The van der Waals surface area contributed by atoms with Gasteiger partial charge in [-0.15, -0.1) is 0 Å². The number of rotatable bonds is 29. The fourth-order valence-electron chi connectivity index (χ4n) is 3.29. The van der Waals surface area contributed by atoms with Crippen molar-refractivity contribution in [2.75, 3.05) is 126 Å². The van der Waals surface area contributed by atoms with Crippen molar-refractivity contribution in [3.8, 4) is 0 Å². The van der Waals surface area contributed by atoms with E-state index in [2.05, 4.69) is 33.9 Å². The molecular formula is C29H60O11Si. The summed E-state index contributed by atoms with van der Waals surface area (Å²) in [4.78, 5) is 0. The van der Waals surface area contributed by atoms with E-state index >= 15 is 0 Å². The largest absolute Gasteiger partial charge is 0.414 e. The average molecular weight is 613 g/mol. The smallest absolute Gasteiger partial charge is 0.192 e. The summed E-state index contributed by atoms with van der Waals surface area (Å²) in [6, 6.07) is 0. The Hall–Kier alpha value is -0.223. The van der Waals surface area contributed by atoms with E-state index in [0.717, 1.165) is 19.4 Å². The molecule has 0 bridgehead atoms. The van der Waals surface area contributed by atoms with Crippen LogP contribution in [0.2, 0.25) is 18.1 Å². The number of hydrogen-bond donors (Lipinski definition) is 0. The van der Waals surface area contributed by atoms with E-state index in [1.807, 2.05) is 0 Å². The fourth-order valence-corrected chi connectivity index (χ4v) is 4.32. The van der Waals surface area contributed by atoms with Crippen molar-refractivity contribution in [3.05, 3.63) is 0 Å². The van der Waals surface area contributed by atoms with Crippen LogP contribution in [0.5, 0.6) is 0 Å². The second kappa shape index (κ2) is 26.2. The van der Waals surface area contributed by atoms with Crippen molar-refractivity contribution in [1.29, 1.82) is 0 Å². The molecule has 0 aromatic heterocycles. The van der Waals surface area contributed by atoms with Gasteiger partial charge in [-0.05, 0) is 37.4 Å². The van der Waals surface area contributed by atoms with Crippen LogP contribution in [0.4, 0.5) is 0 Å². The molecule has 1 unspecified atom stereocenters. The molecule has 12 heteroatoms. The molecule has 0 aliphatic carbocycles. The van der Waals surface area contributed by atoms with Crippen LogP contribution in [0.3, 0.4) is 0 Å². The Morgan fingerprint density at radius 3 is 1.17 bits per heavy atom. The van der Waals surface area contributed by atoms with Gasteiger partial charge < -0.3 is 51.8 Å². The lowest BCUT2D eigenvalue weighted by molar-refractivity contribution is -0.169. The summed E-state index contributed by atoms with van der Waals surface area (Å²) >= 11 is 0. The first-order chi connectivity index (χ1) is 19.8. The Morgan fingerprint density at radius 2 is 0.854 bits per heavy atom. The third kappa shape index (κ3) is 23.9. The van der Waals surface area contributed by atoms with Gasteiger partial charge >= 0.3 is 0 Å². The molecule has 41 heavy (non-hydrogen) atoms. The monoisotopic (exact) mass is 612 g/mol. The van der Waals surface area contributed by atoms with Crippen LogP contribution in [0, 0.1) is 0 Å².